The number of hydrogen-bond donors (Lipinski definition) is 0. The summed E-state index contributed by atoms with van der Waals surface area (Å²) in [4.78, 5) is -0.917. The normalized spacial score (nSPS) is 11.9. The van der Waals surface area contributed by atoms with Gasteiger partial charge in [-0.3, -0.25) is 0 Å². The molecule has 112 valence electrons. The Hall–Kier alpha value is -1.79. The van der Waals surface area contributed by atoms with Crippen LogP contribution >= 0.6 is 0 Å². The van der Waals surface area contributed by atoms with Gasteiger partial charge in [-0.05, 0) is 24.6 Å². The Labute approximate surface area is 122 Å². The van der Waals surface area contributed by atoms with E-state index in [9.17, 15) is 17.2 Å². The molecule has 2 rings (SSSR count). The average molecular weight is 311 g/mol. The predicted molar refractivity (Wildman–Crippen MR) is 76.2 cm³/mol. The van der Waals surface area contributed by atoms with Crippen molar-refractivity contribution in [3.63, 3.8) is 0 Å². The number of nitrogens with zero attached hydrogens (tertiary/aromatic N) is 1. The van der Waals surface area contributed by atoms with Crippen LogP contribution < -0.4 is 0 Å². The van der Waals surface area contributed by atoms with Gasteiger partial charge in [-0.25, -0.2) is 17.2 Å². The van der Waals surface area contributed by atoms with Gasteiger partial charge in [0.05, 0.1) is 0 Å². The number of sulfonamides is 1. The van der Waals surface area contributed by atoms with Crippen LogP contribution in [0.4, 0.5) is 8.78 Å². The van der Waals surface area contributed by atoms with E-state index in [1.807, 2.05) is 19.1 Å². The Morgan fingerprint density at radius 3 is 2.05 bits per heavy atom. The second-order valence-corrected chi connectivity index (χ2v) is 6.78. The highest BCUT2D eigenvalue weighted by Crippen LogP contribution is 2.22. The molecule has 0 aliphatic carbocycles. The van der Waals surface area contributed by atoms with Crippen molar-refractivity contribution in [3.05, 3.63) is 65.2 Å². The fraction of sp³-hybridized carbons (Fsp3) is 0.200. The largest absolute Gasteiger partial charge is 0.248 e. The van der Waals surface area contributed by atoms with Crippen LogP contribution in [0.15, 0.2) is 47.4 Å². The van der Waals surface area contributed by atoms with E-state index in [1.165, 1.54) is 7.05 Å². The van der Waals surface area contributed by atoms with Crippen LogP contribution in [0.1, 0.15) is 11.1 Å². The van der Waals surface area contributed by atoms with E-state index in [1.54, 1.807) is 12.1 Å². The van der Waals surface area contributed by atoms with E-state index < -0.39 is 26.6 Å². The molecule has 0 saturated carbocycles. The van der Waals surface area contributed by atoms with E-state index in [0.717, 1.165) is 33.6 Å². The lowest BCUT2D eigenvalue weighted by Gasteiger charge is -2.18. The lowest BCUT2D eigenvalue weighted by Crippen LogP contribution is -2.28. The zero-order valence-electron chi connectivity index (χ0n) is 11.7. The molecule has 3 nitrogen and oxygen atoms in total. The van der Waals surface area contributed by atoms with Crippen molar-refractivity contribution < 1.29 is 17.2 Å². The number of aryl methyl sites for hydroxylation is 1. The minimum Gasteiger partial charge on any atom is -0.207 e. The molecule has 21 heavy (non-hydrogen) atoms. The van der Waals surface area contributed by atoms with Crippen molar-refractivity contribution in [2.24, 2.45) is 0 Å². The van der Waals surface area contributed by atoms with Gasteiger partial charge in [0.25, 0.3) is 0 Å². The maximum atomic E-state index is 13.7. The fourth-order valence-electron chi connectivity index (χ4n) is 1.92. The van der Waals surface area contributed by atoms with E-state index in [2.05, 4.69) is 0 Å². The van der Waals surface area contributed by atoms with Crippen molar-refractivity contribution in [2.75, 3.05) is 7.05 Å². The first kappa shape index (κ1) is 15.6. The van der Waals surface area contributed by atoms with Crippen LogP contribution in [-0.2, 0) is 16.6 Å². The molecule has 0 fully saturated rings. The van der Waals surface area contributed by atoms with E-state index in [0.29, 0.717) is 0 Å². The molecule has 0 aliphatic rings. The molecular formula is C15H15F2NO2S. The summed E-state index contributed by atoms with van der Waals surface area (Å²) in [6.07, 6.45) is 0. The second kappa shape index (κ2) is 5.91. The summed E-state index contributed by atoms with van der Waals surface area (Å²) < 4.78 is 52.8. The Balaban J connectivity index is 2.33. The molecule has 0 aliphatic heterocycles. The Morgan fingerprint density at radius 2 is 1.52 bits per heavy atom. The predicted octanol–water partition coefficient (Wildman–Crippen LogP) is 3.09. The molecule has 2 aromatic rings. The topological polar surface area (TPSA) is 37.4 Å². The second-order valence-electron chi connectivity index (χ2n) is 4.80. The average Bonchev–Trinajstić information content (AvgIpc) is 2.40. The van der Waals surface area contributed by atoms with Crippen molar-refractivity contribution in [2.45, 2.75) is 18.4 Å². The summed E-state index contributed by atoms with van der Waals surface area (Å²) in [5, 5.41) is 0. The first-order valence-corrected chi connectivity index (χ1v) is 7.72. The SMILES string of the molecule is Cc1ccc(CN(C)S(=O)(=O)c2c(F)cccc2F)cc1. The van der Waals surface area contributed by atoms with Crippen molar-refractivity contribution in [1.82, 2.24) is 4.31 Å². The minimum atomic E-state index is -4.23. The highest BCUT2D eigenvalue weighted by molar-refractivity contribution is 7.89. The highest BCUT2D eigenvalue weighted by atomic mass is 32.2. The van der Waals surface area contributed by atoms with Crippen molar-refractivity contribution in [3.8, 4) is 0 Å². The molecule has 0 unspecified atom stereocenters. The Kier molecular flexibility index (Phi) is 4.39. The summed E-state index contributed by atoms with van der Waals surface area (Å²) in [5.41, 5.74) is 1.79. The van der Waals surface area contributed by atoms with Gasteiger partial charge in [-0.2, -0.15) is 4.31 Å². The lowest BCUT2D eigenvalue weighted by molar-refractivity contribution is 0.448. The summed E-state index contributed by atoms with van der Waals surface area (Å²) in [6.45, 7) is 1.95. The summed E-state index contributed by atoms with van der Waals surface area (Å²) in [5.74, 6) is -2.18. The van der Waals surface area contributed by atoms with E-state index >= 15 is 0 Å². The Bertz CT molecular complexity index is 723. The minimum absolute atomic E-state index is 0.0381. The number of benzene rings is 2. The molecule has 0 bridgehead atoms. The third kappa shape index (κ3) is 3.28. The number of halogens is 2. The Morgan fingerprint density at radius 1 is 1.00 bits per heavy atom. The summed E-state index contributed by atoms with van der Waals surface area (Å²) in [6, 6.07) is 10.2. The van der Waals surface area contributed by atoms with Gasteiger partial charge in [-0.15, -0.1) is 0 Å². The maximum Gasteiger partial charge on any atom is 0.248 e. The van der Waals surface area contributed by atoms with Crippen LogP contribution in [0.3, 0.4) is 0 Å². The quantitative estimate of drug-likeness (QED) is 0.870. The number of rotatable bonds is 4. The molecule has 0 spiro atoms. The van der Waals surface area contributed by atoms with Gasteiger partial charge in [0, 0.05) is 13.6 Å². The maximum absolute atomic E-state index is 13.7. The molecule has 0 heterocycles. The van der Waals surface area contributed by atoms with E-state index in [-0.39, 0.29) is 6.54 Å². The monoisotopic (exact) mass is 311 g/mol. The van der Waals surface area contributed by atoms with Crippen LogP contribution in [0.25, 0.3) is 0 Å². The van der Waals surface area contributed by atoms with E-state index in [4.69, 9.17) is 0 Å². The number of hydrogen-bond acceptors (Lipinski definition) is 2. The smallest absolute Gasteiger partial charge is 0.207 e. The molecular weight excluding hydrogens is 296 g/mol. The summed E-state index contributed by atoms with van der Waals surface area (Å²) in [7, 11) is -2.93. The zero-order valence-corrected chi connectivity index (χ0v) is 12.5. The summed E-state index contributed by atoms with van der Waals surface area (Å²) >= 11 is 0. The molecule has 0 aromatic heterocycles. The lowest BCUT2D eigenvalue weighted by atomic mass is 10.1. The third-order valence-corrected chi connectivity index (χ3v) is 4.97. The first-order valence-electron chi connectivity index (χ1n) is 6.28. The fourth-order valence-corrected chi connectivity index (χ4v) is 3.18. The first-order chi connectivity index (χ1) is 9.82. The standard InChI is InChI=1S/C15H15F2NO2S/c1-11-6-8-12(9-7-11)10-18(2)21(19,20)15-13(16)4-3-5-14(15)17/h3-9H,10H2,1-2H3. The van der Waals surface area contributed by atoms with Crippen molar-refractivity contribution in [1.29, 1.82) is 0 Å². The van der Waals surface area contributed by atoms with Gasteiger partial charge in [-0.1, -0.05) is 35.9 Å². The van der Waals surface area contributed by atoms with Gasteiger partial charge in [0.1, 0.15) is 11.6 Å². The van der Waals surface area contributed by atoms with Crippen LogP contribution in [0, 0.1) is 18.6 Å². The molecule has 0 amide bonds. The molecule has 0 N–H and O–H groups in total. The highest BCUT2D eigenvalue weighted by Gasteiger charge is 2.28. The third-order valence-electron chi connectivity index (χ3n) is 3.11. The van der Waals surface area contributed by atoms with Gasteiger partial charge < -0.3 is 0 Å². The molecule has 6 heteroatoms. The van der Waals surface area contributed by atoms with Crippen molar-refractivity contribution >= 4 is 10.0 Å². The zero-order chi connectivity index (χ0) is 15.6. The van der Waals surface area contributed by atoms with Crippen LogP contribution in [0.5, 0.6) is 0 Å². The molecule has 0 radical (unpaired) electrons. The molecule has 2 aromatic carbocycles. The van der Waals surface area contributed by atoms with Crippen LogP contribution in [-0.4, -0.2) is 19.8 Å². The van der Waals surface area contributed by atoms with Gasteiger partial charge in [0.2, 0.25) is 10.0 Å². The molecule has 0 atom stereocenters. The van der Waals surface area contributed by atoms with Gasteiger partial charge in [0.15, 0.2) is 4.90 Å². The molecule has 0 saturated heterocycles. The van der Waals surface area contributed by atoms with Crippen LogP contribution in [0.2, 0.25) is 0 Å². The van der Waals surface area contributed by atoms with Gasteiger partial charge >= 0.3 is 0 Å².